The highest BCUT2D eigenvalue weighted by Crippen LogP contribution is 2.39. The highest BCUT2D eigenvalue weighted by molar-refractivity contribution is 5.20. The minimum Gasteiger partial charge on any atom is -0.376 e. The van der Waals surface area contributed by atoms with Crippen LogP contribution in [0, 0.1) is 5.92 Å². The summed E-state index contributed by atoms with van der Waals surface area (Å²) in [5, 5.41) is 3.64. The molecule has 1 aromatic carbocycles. The van der Waals surface area contributed by atoms with Crippen LogP contribution >= 0.6 is 0 Å². The molecule has 0 spiro atoms. The molecule has 0 amide bonds. The van der Waals surface area contributed by atoms with E-state index >= 15 is 0 Å². The fourth-order valence-electron chi connectivity index (χ4n) is 3.90. The van der Waals surface area contributed by atoms with E-state index < -0.39 is 0 Å². The minimum atomic E-state index is 0.0229. The van der Waals surface area contributed by atoms with Crippen molar-refractivity contribution in [2.75, 3.05) is 40.3 Å². The van der Waals surface area contributed by atoms with Gasteiger partial charge >= 0.3 is 0 Å². The van der Waals surface area contributed by atoms with Crippen LogP contribution in [0.5, 0.6) is 0 Å². The third-order valence-corrected chi connectivity index (χ3v) is 5.12. The zero-order valence-corrected chi connectivity index (χ0v) is 16.1. The van der Waals surface area contributed by atoms with E-state index in [4.69, 9.17) is 4.74 Å². The number of rotatable bonds is 9. The Kier molecular flexibility index (Phi) is 7.73. The Balaban J connectivity index is 1.89. The maximum atomic E-state index is 5.94. The first-order valence-corrected chi connectivity index (χ1v) is 9.52. The Hall–Kier alpha value is -0.900. The van der Waals surface area contributed by atoms with Crippen molar-refractivity contribution in [1.29, 1.82) is 0 Å². The third kappa shape index (κ3) is 6.54. The highest BCUT2D eigenvalue weighted by Gasteiger charge is 2.33. The van der Waals surface area contributed by atoms with Crippen molar-refractivity contribution < 1.29 is 4.74 Å². The standard InChI is InChI=1S/C21H36N2O/c1-21(2)17-19(12-16-24-21)20(18-9-6-5-7-10-18)11-14-22-13-8-15-23(3)4/h5-7,9-10,19-20,22H,8,11-17H2,1-4H3/t19-,20+/m1/s1. The first-order chi connectivity index (χ1) is 11.5. The molecule has 1 aromatic rings. The molecule has 1 fully saturated rings. The van der Waals surface area contributed by atoms with Crippen molar-refractivity contribution in [3.63, 3.8) is 0 Å². The van der Waals surface area contributed by atoms with Crippen LogP contribution in [-0.2, 0) is 4.74 Å². The molecule has 0 unspecified atom stereocenters. The fraction of sp³-hybridized carbons (Fsp3) is 0.714. The summed E-state index contributed by atoms with van der Waals surface area (Å²) in [7, 11) is 4.27. The lowest BCUT2D eigenvalue weighted by Gasteiger charge is -2.39. The Morgan fingerprint density at radius 2 is 1.96 bits per heavy atom. The van der Waals surface area contributed by atoms with Crippen LogP contribution < -0.4 is 5.32 Å². The van der Waals surface area contributed by atoms with Crippen molar-refractivity contribution >= 4 is 0 Å². The second-order valence-corrected chi connectivity index (χ2v) is 8.07. The number of hydrogen-bond donors (Lipinski definition) is 1. The summed E-state index contributed by atoms with van der Waals surface area (Å²) in [5.41, 5.74) is 1.52. The first kappa shape index (κ1) is 19.4. The highest BCUT2D eigenvalue weighted by atomic mass is 16.5. The molecule has 2 rings (SSSR count). The van der Waals surface area contributed by atoms with Crippen molar-refractivity contribution in [2.45, 2.75) is 51.0 Å². The van der Waals surface area contributed by atoms with Crippen LogP contribution in [0.2, 0.25) is 0 Å². The summed E-state index contributed by atoms with van der Waals surface area (Å²) < 4.78 is 5.94. The summed E-state index contributed by atoms with van der Waals surface area (Å²) in [6.45, 7) is 8.74. The van der Waals surface area contributed by atoms with Crippen LogP contribution in [0.15, 0.2) is 30.3 Å². The normalized spacial score (nSPS) is 21.8. The molecule has 0 bridgehead atoms. The van der Waals surface area contributed by atoms with Crippen molar-refractivity contribution in [1.82, 2.24) is 10.2 Å². The van der Waals surface area contributed by atoms with Crippen molar-refractivity contribution in [2.24, 2.45) is 5.92 Å². The molecule has 1 aliphatic heterocycles. The summed E-state index contributed by atoms with van der Waals surface area (Å²) in [5.74, 6) is 1.36. The lowest BCUT2D eigenvalue weighted by atomic mass is 9.75. The summed E-state index contributed by atoms with van der Waals surface area (Å²) in [4.78, 5) is 2.25. The summed E-state index contributed by atoms with van der Waals surface area (Å²) in [6, 6.07) is 11.1. The molecule has 2 atom stereocenters. The molecule has 1 heterocycles. The van der Waals surface area contributed by atoms with E-state index in [9.17, 15) is 0 Å². The van der Waals surface area contributed by atoms with E-state index in [-0.39, 0.29) is 5.60 Å². The first-order valence-electron chi connectivity index (χ1n) is 9.52. The predicted octanol–water partition coefficient (Wildman–Crippen LogP) is 3.91. The quantitative estimate of drug-likeness (QED) is 0.694. The minimum absolute atomic E-state index is 0.0229. The number of nitrogens with one attached hydrogen (secondary N) is 1. The predicted molar refractivity (Wildman–Crippen MR) is 103 cm³/mol. The maximum absolute atomic E-state index is 5.94. The van der Waals surface area contributed by atoms with Crippen LogP contribution in [0.1, 0.15) is 51.0 Å². The largest absolute Gasteiger partial charge is 0.376 e. The zero-order chi connectivity index (χ0) is 17.4. The second kappa shape index (κ2) is 9.55. The molecule has 3 heteroatoms. The average molecular weight is 333 g/mol. The van der Waals surface area contributed by atoms with Gasteiger partial charge in [0.25, 0.3) is 0 Å². The van der Waals surface area contributed by atoms with Crippen LogP contribution in [0.3, 0.4) is 0 Å². The van der Waals surface area contributed by atoms with Gasteiger partial charge in [0.1, 0.15) is 0 Å². The van der Waals surface area contributed by atoms with Crippen LogP contribution in [0.25, 0.3) is 0 Å². The van der Waals surface area contributed by atoms with Gasteiger partial charge in [-0.3, -0.25) is 0 Å². The van der Waals surface area contributed by atoms with Gasteiger partial charge in [-0.25, -0.2) is 0 Å². The summed E-state index contributed by atoms with van der Waals surface area (Å²) in [6.07, 6.45) is 4.77. The SMILES string of the molecule is CN(C)CCCNCC[C@@H](c1ccccc1)[C@@H]1CCOC(C)(C)C1. The Morgan fingerprint density at radius 3 is 2.62 bits per heavy atom. The lowest BCUT2D eigenvalue weighted by molar-refractivity contribution is -0.0771. The molecule has 1 saturated heterocycles. The Bertz CT molecular complexity index is 458. The Labute approximate surface area is 148 Å². The van der Waals surface area contributed by atoms with E-state index in [1.54, 1.807) is 0 Å². The van der Waals surface area contributed by atoms with Gasteiger partial charge < -0.3 is 15.0 Å². The average Bonchev–Trinajstić information content (AvgIpc) is 2.53. The maximum Gasteiger partial charge on any atom is 0.0629 e. The molecular weight excluding hydrogens is 296 g/mol. The molecule has 0 aliphatic carbocycles. The van der Waals surface area contributed by atoms with Crippen LogP contribution in [0.4, 0.5) is 0 Å². The molecule has 1 aliphatic rings. The van der Waals surface area contributed by atoms with E-state index in [0.717, 1.165) is 38.6 Å². The second-order valence-electron chi connectivity index (χ2n) is 8.07. The monoisotopic (exact) mass is 332 g/mol. The molecule has 0 aromatic heterocycles. The van der Waals surface area contributed by atoms with Gasteiger partial charge in [-0.2, -0.15) is 0 Å². The van der Waals surface area contributed by atoms with E-state index in [1.807, 2.05) is 0 Å². The molecule has 0 radical (unpaired) electrons. The van der Waals surface area contributed by atoms with Crippen molar-refractivity contribution in [3.8, 4) is 0 Å². The smallest absolute Gasteiger partial charge is 0.0629 e. The number of nitrogens with zero attached hydrogens (tertiary/aromatic N) is 1. The summed E-state index contributed by atoms with van der Waals surface area (Å²) >= 11 is 0. The fourth-order valence-corrected chi connectivity index (χ4v) is 3.90. The van der Waals surface area contributed by atoms with Gasteiger partial charge in [-0.15, -0.1) is 0 Å². The third-order valence-electron chi connectivity index (χ3n) is 5.12. The Morgan fingerprint density at radius 1 is 1.21 bits per heavy atom. The number of hydrogen-bond acceptors (Lipinski definition) is 3. The number of benzene rings is 1. The number of ether oxygens (including phenoxy) is 1. The van der Waals surface area contributed by atoms with Crippen molar-refractivity contribution in [3.05, 3.63) is 35.9 Å². The van der Waals surface area contributed by atoms with Gasteiger partial charge in [0.05, 0.1) is 5.60 Å². The van der Waals surface area contributed by atoms with Crippen LogP contribution in [-0.4, -0.2) is 50.8 Å². The molecule has 0 saturated carbocycles. The topological polar surface area (TPSA) is 24.5 Å². The zero-order valence-electron chi connectivity index (χ0n) is 16.1. The molecule has 1 N–H and O–H groups in total. The van der Waals surface area contributed by atoms with Gasteiger partial charge in [-0.05, 0) is 90.7 Å². The van der Waals surface area contributed by atoms with E-state index in [2.05, 4.69) is 68.5 Å². The van der Waals surface area contributed by atoms with E-state index in [1.165, 1.54) is 24.8 Å². The van der Waals surface area contributed by atoms with Gasteiger partial charge in [0.2, 0.25) is 0 Å². The molecular formula is C21H36N2O. The molecule has 24 heavy (non-hydrogen) atoms. The molecule has 3 nitrogen and oxygen atoms in total. The van der Waals surface area contributed by atoms with Gasteiger partial charge in [-0.1, -0.05) is 30.3 Å². The van der Waals surface area contributed by atoms with Gasteiger partial charge in [0, 0.05) is 6.61 Å². The van der Waals surface area contributed by atoms with Gasteiger partial charge in [0.15, 0.2) is 0 Å². The molecule has 136 valence electrons. The van der Waals surface area contributed by atoms with E-state index in [0.29, 0.717) is 5.92 Å². The lowest BCUT2D eigenvalue weighted by Crippen LogP contribution is -2.37.